The summed E-state index contributed by atoms with van der Waals surface area (Å²) in [5.74, 6) is 0. The maximum atomic E-state index is 2.36. The van der Waals surface area contributed by atoms with E-state index in [0.717, 1.165) is 0 Å². The topological polar surface area (TPSA) is 0 Å². The highest BCUT2D eigenvalue weighted by Crippen LogP contribution is 2.37. The predicted molar refractivity (Wildman–Crippen MR) is 70.1 cm³/mol. The number of rotatable bonds is 0. The molecule has 0 nitrogen and oxygen atoms in total. The molecule has 1 heterocycles. The van der Waals surface area contributed by atoms with E-state index >= 15 is 0 Å². The van der Waals surface area contributed by atoms with Crippen molar-refractivity contribution >= 4 is 15.9 Å². The second kappa shape index (κ2) is 3.69. The molecule has 1 unspecified atom stereocenters. The van der Waals surface area contributed by atoms with Gasteiger partial charge in [-0.25, -0.2) is 0 Å². The second-order valence-electron chi connectivity index (χ2n) is 5.79. The van der Waals surface area contributed by atoms with E-state index < -0.39 is 0 Å². The summed E-state index contributed by atoms with van der Waals surface area (Å²) in [7, 11) is 0.301. The van der Waals surface area contributed by atoms with Gasteiger partial charge in [-0.1, -0.05) is 53.7 Å². The molecule has 0 fully saturated rings. The Morgan fingerprint density at radius 3 is 1.86 bits per heavy atom. The van der Waals surface area contributed by atoms with Crippen LogP contribution >= 0.6 is 10.5 Å². The summed E-state index contributed by atoms with van der Waals surface area (Å²) in [4.78, 5) is 0. The standard InChI is InChI=1S/C13H22S/c1-12(2,3)11-7-9-14(10-8-11)13(4,5)6/h7-10H,1-6H3. The predicted octanol–water partition coefficient (Wildman–Crippen LogP) is 4.36. The Hall–Kier alpha value is -0.300. The SMILES string of the molecule is CC(C)(C)C1=CC=S(C(C)(C)C)C=C1. The highest BCUT2D eigenvalue weighted by molar-refractivity contribution is 8.18. The zero-order valence-corrected chi connectivity index (χ0v) is 11.0. The molecule has 0 bridgehead atoms. The fraction of sp³-hybridized carbons (Fsp3) is 0.615. The van der Waals surface area contributed by atoms with Gasteiger partial charge in [0.05, 0.1) is 0 Å². The Kier molecular flexibility index (Phi) is 3.10. The van der Waals surface area contributed by atoms with Crippen LogP contribution in [0.2, 0.25) is 0 Å². The van der Waals surface area contributed by atoms with E-state index in [1.165, 1.54) is 5.57 Å². The Morgan fingerprint density at radius 2 is 1.57 bits per heavy atom. The fourth-order valence-electron chi connectivity index (χ4n) is 1.30. The Balaban J connectivity index is 2.94. The summed E-state index contributed by atoms with van der Waals surface area (Å²) in [6.07, 6.45) is 4.60. The molecule has 1 aliphatic rings. The lowest BCUT2D eigenvalue weighted by Crippen LogP contribution is -2.13. The summed E-state index contributed by atoms with van der Waals surface area (Å²) in [5.41, 5.74) is 1.71. The van der Waals surface area contributed by atoms with Gasteiger partial charge >= 0.3 is 0 Å². The zero-order valence-electron chi connectivity index (χ0n) is 10.2. The van der Waals surface area contributed by atoms with Crippen molar-refractivity contribution in [1.29, 1.82) is 0 Å². The molecule has 0 radical (unpaired) electrons. The monoisotopic (exact) mass is 210 g/mol. The molecule has 0 amide bonds. The lowest BCUT2D eigenvalue weighted by molar-refractivity contribution is 0.518. The molecule has 0 saturated heterocycles. The lowest BCUT2D eigenvalue weighted by atomic mass is 9.86. The average Bonchev–Trinajstić information content (AvgIpc) is 2.01. The van der Waals surface area contributed by atoms with Gasteiger partial charge in [-0.05, 0) is 21.8 Å². The molecule has 0 N–H and O–H groups in total. The third-order valence-electron chi connectivity index (χ3n) is 2.36. The van der Waals surface area contributed by atoms with Crippen molar-refractivity contribution in [2.45, 2.75) is 46.3 Å². The molecular formula is C13H22S. The highest BCUT2D eigenvalue weighted by atomic mass is 32.2. The molecule has 0 aliphatic carbocycles. The Bertz CT molecular complexity index is 271. The maximum Gasteiger partial charge on any atom is 0.00636 e. The van der Waals surface area contributed by atoms with Crippen LogP contribution in [-0.2, 0) is 0 Å². The van der Waals surface area contributed by atoms with Gasteiger partial charge in [-0.15, -0.1) is 0 Å². The normalized spacial score (nSPS) is 23.0. The largest absolute Gasteiger partial charge is 0.157 e. The average molecular weight is 210 g/mol. The highest BCUT2D eigenvalue weighted by Gasteiger charge is 2.18. The van der Waals surface area contributed by atoms with Crippen LogP contribution < -0.4 is 0 Å². The van der Waals surface area contributed by atoms with Gasteiger partial charge in [0.2, 0.25) is 0 Å². The lowest BCUT2D eigenvalue weighted by Gasteiger charge is -2.27. The first kappa shape index (κ1) is 11.8. The molecule has 0 saturated carbocycles. The molecule has 0 spiro atoms. The van der Waals surface area contributed by atoms with Crippen LogP contribution in [0.1, 0.15) is 41.5 Å². The number of allylic oxidation sites excluding steroid dienone is 3. The molecule has 1 aliphatic heterocycles. The minimum atomic E-state index is 0.278. The molecule has 0 aromatic carbocycles. The number of hydrogen-bond donors (Lipinski definition) is 0. The van der Waals surface area contributed by atoms with Crippen LogP contribution in [-0.4, -0.2) is 10.1 Å². The van der Waals surface area contributed by atoms with Gasteiger partial charge in [-0.2, -0.15) is 10.5 Å². The third-order valence-corrected chi connectivity index (χ3v) is 4.63. The van der Waals surface area contributed by atoms with Crippen LogP contribution in [0, 0.1) is 5.41 Å². The molecule has 1 atom stereocenters. The van der Waals surface area contributed by atoms with Gasteiger partial charge in [0.1, 0.15) is 0 Å². The van der Waals surface area contributed by atoms with E-state index in [2.05, 4.69) is 64.5 Å². The van der Waals surface area contributed by atoms with E-state index in [9.17, 15) is 0 Å². The summed E-state index contributed by atoms with van der Waals surface area (Å²) >= 11 is 0. The fourth-order valence-corrected chi connectivity index (χ4v) is 2.80. The first-order chi connectivity index (χ1) is 6.21. The van der Waals surface area contributed by atoms with Crippen molar-refractivity contribution in [3.8, 4) is 0 Å². The summed E-state index contributed by atoms with van der Waals surface area (Å²) in [6, 6.07) is 0. The molecule has 0 aromatic heterocycles. The van der Waals surface area contributed by atoms with Crippen LogP contribution in [0.3, 0.4) is 0 Å². The molecule has 1 rings (SSSR count). The van der Waals surface area contributed by atoms with E-state index in [1.54, 1.807) is 0 Å². The van der Waals surface area contributed by atoms with Crippen LogP contribution in [0.5, 0.6) is 0 Å². The van der Waals surface area contributed by atoms with Gasteiger partial charge in [0.15, 0.2) is 0 Å². The smallest absolute Gasteiger partial charge is 0.00636 e. The quantitative estimate of drug-likeness (QED) is 0.521. The van der Waals surface area contributed by atoms with Crippen LogP contribution in [0.15, 0.2) is 23.1 Å². The van der Waals surface area contributed by atoms with Crippen molar-refractivity contribution in [2.75, 3.05) is 0 Å². The van der Waals surface area contributed by atoms with E-state index in [-0.39, 0.29) is 5.41 Å². The zero-order chi connectivity index (χ0) is 11.0. The Morgan fingerprint density at radius 1 is 1.00 bits per heavy atom. The van der Waals surface area contributed by atoms with Crippen molar-refractivity contribution in [3.63, 3.8) is 0 Å². The summed E-state index contributed by atoms with van der Waals surface area (Å²) in [6.45, 7) is 13.7. The summed E-state index contributed by atoms with van der Waals surface area (Å²) in [5, 5.41) is 4.72. The van der Waals surface area contributed by atoms with Gasteiger partial charge in [0.25, 0.3) is 0 Å². The molecule has 80 valence electrons. The number of hydrogen-bond acceptors (Lipinski definition) is 0. The molecular weight excluding hydrogens is 188 g/mol. The van der Waals surface area contributed by atoms with Crippen LogP contribution in [0.4, 0.5) is 0 Å². The summed E-state index contributed by atoms with van der Waals surface area (Å²) < 4.78 is 0.371. The van der Waals surface area contributed by atoms with Crippen molar-refractivity contribution in [3.05, 3.63) is 23.1 Å². The van der Waals surface area contributed by atoms with Gasteiger partial charge < -0.3 is 0 Å². The first-order valence-electron chi connectivity index (χ1n) is 5.17. The Labute approximate surface area is 91.0 Å². The maximum absolute atomic E-state index is 2.36. The first-order valence-corrected chi connectivity index (χ1v) is 6.52. The molecule has 0 aromatic rings. The van der Waals surface area contributed by atoms with Gasteiger partial charge in [-0.3, -0.25) is 0 Å². The third kappa shape index (κ3) is 2.84. The van der Waals surface area contributed by atoms with Crippen molar-refractivity contribution < 1.29 is 0 Å². The molecule has 1 heteroatoms. The van der Waals surface area contributed by atoms with E-state index in [0.29, 0.717) is 15.2 Å². The van der Waals surface area contributed by atoms with Crippen LogP contribution in [0.25, 0.3) is 0 Å². The minimum Gasteiger partial charge on any atom is -0.157 e. The van der Waals surface area contributed by atoms with Crippen molar-refractivity contribution in [2.24, 2.45) is 5.41 Å². The second-order valence-corrected chi connectivity index (χ2v) is 8.31. The van der Waals surface area contributed by atoms with E-state index in [1.807, 2.05) is 0 Å². The minimum absolute atomic E-state index is 0.278. The van der Waals surface area contributed by atoms with E-state index in [4.69, 9.17) is 0 Å². The molecule has 14 heavy (non-hydrogen) atoms. The van der Waals surface area contributed by atoms with Crippen molar-refractivity contribution in [1.82, 2.24) is 0 Å². The van der Waals surface area contributed by atoms with Gasteiger partial charge in [0, 0.05) is 4.75 Å².